The average molecular weight is 216 g/mol. The summed E-state index contributed by atoms with van der Waals surface area (Å²) in [7, 11) is 0. The topological polar surface area (TPSA) is 45.8 Å². The molecule has 1 aromatic carbocycles. The van der Waals surface area contributed by atoms with E-state index in [0.717, 1.165) is 36.2 Å². The second kappa shape index (κ2) is 4.47. The van der Waals surface area contributed by atoms with Crippen molar-refractivity contribution in [3.05, 3.63) is 39.9 Å². The van der Waals surface area contributed by atoms with Gasteiger partial charge in [0, 0.05) is 6.42 Å². The molecule has 0 atom stereocenters. The Kier molecular flexibility index (Phi) is 3.04. The van der Waals surface area contributed by atoms with E-state index in [2.05, 4.69) is 16.9 Å². The van der Waals surface area contributed by atoms with Crippen molar-refractivity contribution in [1.82, 2.24) is 9.97 Å². The lowest BCUT2D eigenvalue weighted by molar-refractivity contribution is 0.753. The minimum Gasteiger partial charge on any atom is -0.343 e. The fourth-order valence-electron chi connectivity index (χ4n) is 1.78. The predicted molar refractivity (Wildman–Crippen MR) is 65.7 cm³/mol. The number of hydrogen-bond donors (Lipinski definition) is 1. The van der Waals surface area contributed by atoms with Gasteiger partial charge in [-0.05, 0) is 31.0 Å². The molecular formula is C13H16N2O. The molecule has 2 aromatic rings. The summed E-state index contributed by atoms with van der Waals surface area (Å²) in [5, 5.41) is 0.672. The number of hydrogen-bond acceptors (Lipinski definition) is 2. The van der Waals surface area contributed by atoms with Gasteiger partial charge in [-0.25, -0.2) is 0 Å². The van der Waals surface area contributed by atoms with E-state index in [1.54, 1.807) is 0 Å². The summed E-state index contributed by atoms with van der Waals surface area (Å²) >= 11 is 0. The molecule has 1 aromatic heterocycles. The van der Waals surface area contributed by atoms with Gasteiger partial charge in [-0.1, -0.05) is 19.4 Å². The highest BCUT2D eigenvalue weighted by atomic mass is 16.1. The largest absolute Gasteiger partial charge is 0.343 e. The van der Waals surface area contributed by atoms with E-state index in [0.29, 0.717) is 5.39 Å². The van der Waals surface area contributed by atoms with Crippen LogP contribution in [0.2, 0.25) is 0 Å². The summed E-state index contributed by atoms with van der Waals surface area (Å²) < 4.78 is 0. The van der Waals surface area contributed by atoms with Crippen LogP contribution in [0, 0.1) is 6.92 Å². The van der Waals surface area contributed by atoms with Gasteiger partial charge in [-0.15, -0.1) is 0 Å². The van der Waals surface area contributed by atoms with Crippen molar-refractivity contribution in [1.29, 1.82) is 0 Å². The van der Waals surface area contributed by atoms with E-state index < -0.39 is 0 Å². The predicted octanol–water partition coefficient (Wildman–Crippen LogP) is 2.57. The summed E-state index contributed by atoms with van der Waals surface area (Å²) in [6.45, 7) is 4.15. The van der Waals surface area contributed by atoms with Gasteiger partial charge in [-0.2, -0.15) is 4.98 Å². The van der Waals surface area contributed by atoms with Crippen LogP contribution in [0.5, 0.6) is 0 Å². The lowest BCUT2D eigenvalue weighted by Gasteiger charge is -2.03. The van der Waals surface area contributed by atoms with Crippen LogP contribution >= 0.6 is 0 Å². The normalized spacial score (nSPS) is 10.9. The van der Waals surface area contributed by atoms with Crippen LogP contribution in [0.15, 0.2) is 23.0 Å². The van der Waals surface area contributed by atoms with Gasteiger partial charge in [0.1, 0.15) is 5.82 Å². The molecule has 1 heterocycles. The number of aromatic nitrogens is 2. The first kappa shape index (κ1) is 10.9. The third-order valence-corrected chi connectivity index (χ3v) is 2.69. The first-order valence-corrected chi connectivity index (χ1v) is 5.70. The zero-order valence-electron chi connectivity index (χ0n) is 9.71. The number of nitrogens with zero attached hydrogens (tertiary/aromatic N) is 1. The Hall–Kier alpha value is -1.64. The standard InChI is InChI=1S/C13H16N2O/c1-3-4-5-12-14-11-8-9(2)6-7-10(11)13(16)15-12/h6-8H,3-5H2,1-2H3,(H,14,15,16). The van der Waals surface area contributed by atoms with E-state index in [4.69, 9.17) is 0 Å². The van der Waals surface area contributed by atoms with Gasteiger partial charge >= 0.3 is 0 Å². The Labute approximate surface area is 94.5 Å². The maximum absolute atomic E-state index is 11.7. The van der Waals surface area contributed by atoms with Gasteiger partial charge in [0.2, 0.25) is 0 Å². The van der Waals surface area contributed by atoms with Crippen LogP contribution in [-0.2, 0) is 6.42 Å². The van der Waals surface area contributed by atoms with Gasteiger partial charge < -0.3 is 4.98 Å². The van der Waals surface area contributed by atoms with Crippen molar-refractivity contribution in [2.24, 2.45) is 0 Å². The maximum atomic E-state index is 11.7. The Bertz CT molecular complexity index is 557. The Morgan fingerprint density at radius 1 is 1.38 bits per heavy atom. The van der Waals surface area contributed by atoms with Crippen molar-refractivity contribution < 1.29 is 0 Å². The molecule has 16 heavy (non-hydrogen) atoms. The summed E-state index contributed by atoms with van der Waals surface area (Å²) in [4.78, 5) is 19.0. The average Bonchev–Trinajstić information content (AvgIpc) is 2.25. The van der Waals surface area contributed by atoms with Crippen LogP contribution in [0.4, 0.5) is 0 Å². The summed E-state index contributed by atoms with van der Waals surface area (Å²) in [6, 6.07) is 5.76. The van der Waals surface area contributed by atoms with Crippen LogP contribution in [-0.4, -0.2) is 9.97 Å². The molecule has 84 valence electrons. The van der Waals surface area contributed by atoms with E-state index in [1.807, 2.05) is 25.1 Å². The zero-order valence-corrected chi connectivity index (χ0v) is 9.71. The molecule has 0 amide bonds. The third kappa shape index (κ3) is 2.13. The summed E-state index contributed by atoms with van der Waals surface area (Å²) in [5.74, 6) is 0.796. The molecule has 0 spiro atoms. The molecule has 0 aliphatic carbocycles. The Morgan fingerprint density at radius 3 is 2.94 bits per heavy atom. The van der Waals surface area contributed by atoms with Gasteiger partial charge in [0.15, 0.2) is 0 Å². The molecule has 0 unspecified atom stereocenters. The van der Waals surface area contributed by atoms with Crippen molar-refractivity contribution >= 4 is 10.9 Å². The number of aromatic amines is 1. The third-order valence-electron chi connectivity index (χ3n) is 2.69. The second-order valence-corrected chi connectivity index (χ2v) is 4.14. The molecule has 0 fully saturated rings. The first-order chi connectivity index (χ1) is 7.70. The van der Waals surface area contributed by atoms with Gasteiger partial charge in [0.25, 0.3) is 5.56 Å². The smallest absolute Gasteiger partial charge is 0.280 e. The number of rotatable bonds is 3. The monoisotopic (exact) mass is 216 g/mol. The maximum Gasteiger partial charge on any atom is 0.280 e. The van der Waals surface area contributed by atoms with E-state index in [-0.39, 0.29) is 5.56 Å². The fraction of sp³-hybridized carbons (Fsp3) is 0.385. The second-order valence-electron chi connectivity index (χ2n) is 4.14. The highest BCUT2D eigenvalue weighted by Crippen LogP contribution is 2.10. The summed E-state index contributed by atoms with van der Waals surface area (Å²) in [5.41, 5.74) is 1.92. The molecule has 0 aliphatic rings. The SMILES string of the molecule is CCCCc1nc(=O)c2ccc(C)cc2[nH]1. The molecule has 0 bridgehead atoms. The van der Waals surface area contributed by atoms with E-state index >= 15 is 0 Å². The molecule has 3 nitrogen and oxygen atoms in total. The quantitative estimate of drug-likeness (QED) is 0.857. The fourth-order valence-corrected chi connectivity index (χ4v) is 1.78. The van der Waals surface area contributed by atoms with E-state index in [1.165, 1.54) is 0 Å². The van der Waals surface area contributed by atoms with Crippen molar-refractivity contribution in [3.8, 4) is 0 Å². The van der Waals surface area contributed by atoms with Gasteiger partial charge in [0.05, 0.1) is 10.9 Å². The molecule has 2 rings (SSSR count). The van der Waals surface area contributed by atoms with Crippen LogP contribution < -0.4 is 5.56 Å². The highest BCUT2D eigenvalue weighted by Gasteiger charge is 2.03. The molecule has 0 saturated heterocycles. The molecule has 1 N–H and O–H groups in total. The Morgan fingerprint density at radius 2 is 2.19 bits per heavy atom. The van der Waals surface area contributed by atoms with Crippen molar-refractivity contribution in [2.45, 2.75) is 33.1 Å². The minimum absolute atomic E-state index is 0.125. The number of nitrogens with one attached hydrogen (secondary N) is 1. The molecule has 0 radical (unpaired) electrons. The highest BCUT2D eigenvalue weighted by molar-refractivity contribution is 5.78. The molecular weight excluding hydrogens is 200 g/mol. The van der Waals surface area contributed by atoms with Crippen molar-refractivity contribution in [3.63, 3.8) is 0 Å². The lowest BCUT2D eigenvalue weighted by Crippen LogP contribution is -2.11. The van der Waals surface area contributed by atoms with Crippen LogP contribution in [0.25, 0.3) is 10.9 Å². The van der Waals surface area contributed by atoms with Crippen LogP contribution in [0.3, 0.4) is 0 Å². The lowest BCUT2D eigenvalue weighted by atomic mass is 10.1. The van der Waals surface area contributed by atoms with E-state index in [9.17, 15) is 4.79 Å². The number of aryl methyl sites for hydroxylation is 2. The number of unbranched alkanes of at least 4 members (excludes halogenated alkanes) is 1. The Balaban J connectivity index is 2.52. The van der Waals surface area contributed by atoms with Crippen molar-refractivity contribution in [2.75, 3.05) is 0 Å². The minimum atomic E-state index is -0.125. The number of benzene rings is 1. The molecule has 3 heteroatoms. The summed E-state index contributed by atoms with van der Waals surface area (Å²) in [6.07, 6.45) is 3.01. The molecule has 0 saturated carbocycles. The zero-order chi connectivity index (χ0) is 11.5. The number of H-pyrrole nitrogens is 1. The molecule has 0 aliphatic heterocycles. The van der Waals surface area contributed by atoms with Gasteiger partial charge in [-0.3, -0.25) is 4.79 Å². The number of fused-ring (bicyclic) bond motifs is 1. The van der Waals surface area contributed by atoms with Crippen LogP contribution in [0.1, 0.15) is 31.2 Å². The first-order valence-electron chi connectivity index (χ1n) is 5.70.